The summed E-state index contributed by atoms with van der Waals surface area (Å²) in [6, 6.07) is 10.4. The Hall–Kier alpha value is -1.52. The standard InChI is InChI=1S/C15H19NO2S/c1-16-12(15-14(18-3)8-9-19-15)10-11-6-4-5-7-13(11)17-2/h4-9,12,16H,10H2,1-3H3. The van der Waals surface area contributed by atoms with Crippen molar-refractivity contribution in [3.63, 3.8) is 0 Å². The third-order valence-corrected chi connectivity index (χ3v) is 4.17. The first kappa shape index (κ1) is 13.9. The zero-order valence-electron chi connectivity index (χ0n) is 11.5. The van der Waals surface area contributed by atoms with Crippen molar-refractivity contribution < 1.29 is 9.47 Å². The highest BCUT2D eigenvalue weighted by molar-refractivity contribution is 7.10. The summed E-state index contributed by atoms with van der Waals surface area (Å²) in [6.45, 7) is 0. The van der Waals surface area contributed by atoms with Crippen molar-refractivity contribution in [3.05, 3.63) is 46.2 Å². The van der Waals surface area contributed by atoms with E-state index >= 15 is 0 Å². The second-order valence-corrected chi connectivity index (χ2v) is 5.16. The van der Waals surface area contributed by atoms with Gasteiger partial charge >= 0.3 is 0 Å². The van der Waals surface area contributed by atoms with E-state index in [9.17, 15) is 0 Å². The van der Waals surface area contributed by atoms with Gasteiger partial charge in [0.2, 0.25) is 0 Å². The molecule has 0 aliphatic rings. The van der Waals surface area contributed by atoms with Crippen LogP contribution < -0.4 is 14.8 Å². The van der Waals surface area contributed by atoms with E-state index in [4.69, 9.17) is 9.47 Å². The van der Waals surface area contributed by atoms with Crippen LogP contribution in [0.5, 0.6) is 11.5 Å². The lowest BCUT2D eigenvalue weighted by molar-refractivity contribution is 0.398. The molecule has 0 saturated carbocycles. The van der Waals surface area contributed by atoms with Crippen LogP contribution >= 0.6 is 11.3 Å². The molecule has 0 aliphatic carbocycles. The van der Waals surface area contributed by atoms with Gasteiger partial charge in [0.1, 0.15) is 11.5 Å². The fourth-order valence-electron chi connectivity index (χ4n) is 2.15. The van der Waals surface area contributed by atoms with E-state index in [1.807, 2.05) is 31.3 Å². The molecule has 0 aliphatic heterocycles. The molecule has 0 radical (unpaired) electrons. The number of para-hydroxylation sites is 1. The Morgan fingerprint density at radius 2 is 1.84 bits per heavy atom. The molecule has 1 atom stereocenters. The molecule has 0 bridgehead atoms. The maximum atomic E-state index is 5.41. The third-order valence-electron chi connectivity index (χ3n) is 3.16. The van der Waals surface area contributed by atoms with Gasteiger partial charge in [-0.2, -0.15) is 0 Å². The molecule has 0 amide bonds. The lowest BCUT2D eigenvalue weighted by Crippen LogP contribution is -2.18. The molecular formula is C15H19NO2S. The molecule has 19 heavy (non-hydrogen) atoms. The highest BCUT2D eigenvalue weighted by Crippen LogP contribution is 2.34. The van der Waals surface area contributed by atoms with Crippen LogP contribution in [0.1, 0.15) is 16.5 Å². The predicted molar refractivity (Wildman–Crippen MR) is 79.4 cm³/mol. The summed E-state index contributed by atoms with van der Waals surface area (Å²) >= 11 is 1.71. The number of nitrogens with one attached hydrogen (secondary N) is 1. The minimum atomic E-state index is 0.228. The summed E-state index contributed by atoms with van der Waals surface area (Å²) in [5, 5.41) is 5.41. The summed E-state index contributed by atoms with van der Waals surface area (Å²) in [4.78, 5) is 1.22. The number of benzene rings is 1. The normalized spacial score (nSPS) is 12.2. The molecule has 1 aromatic carbocycles. The lowest BCUT2D eigenvalue weighted by Gasteiger charge is -2.18. The van der Waals surface area contributed by atoms with E-state index in [1.165, 1.54) is 10.4 Å². The minimum Gasteiger partial charge on any atom is -0.496 e. The van der Waals surface area contributed by atoms with Crippen LogP contribution in [0.25, 0.3) is 0 Å². The molecule has 1 N–H and O–H groups in total. The average Bonchev–Trinajstić information content (AvgIpc) is 2.93. The van der Waals surface area contributed by atoms with Gasteiger partial charge in [-0.3, -0.25) is 0 Å². The monoisotopic (exact) mass is 277 g/mol. The van der Waals surface area contributed by atoms with Crippen molar-refractivity contribution in [2.75, 3.05) is 21.3 Å². The summed E-state index contributed by atoms with van der Waals surface area (Å²) in [5.74, 6) is 1.87. The van der Waals surface area contributed by atoms with Crippen LogP contribution in [0.2, 0.25) is 0 Å². The van der Waals surface area contributed by atoms with Gasteiger partial charge in [0, 0.05) is 6.04 Å². The van der Waals surface area contributed by atoms with Gasteiger partial charge in [0.05, 0.1) is 19.1 Å². The second kappa shape index (κ2) is 6.59. The number of thiophene rings is 1. The second-order valence-electron chi connectivity index (χ2n) is 4.21. The van der Waals surface area contributed by atoms with Gasteiger partial charge in [-0.25, -0.2) is 0 Å². The molecule has 1 aromatic heterocycles. The van der Waals surface area contributed by atoms with Crippen molar-refractivity contribution in [2.45, 2.75) is 12.5 Å². The van der Waals surface area contributed by atoms with Gasteiger partial charge < -0.3 is 14.8 Å². The number of ether oxygens (including phenoxy) is 2. The summed E-state index contributed by atoms with van der Waals surface area (Å²) in [5.41, 5.74) is 1.19. The lowest BCUT2D eigenvalue weighted by atomic mass is 10.0. The first-order valence-electron chi connectivity index (χ1n) is 6.20. The van der Waals surface area contributed by atoms with Crippen molar-refractivity contribution in [2.24, 2.45) is 0 Å². The van der Waals surface area contributed by atoms with Crippen LogP contribution in [0.3, 0.4) is 0 Å². The Kier molecular flexibility index (Phi) is 4.82. The molecule has 3 nitrogen and oxygen atoms in total. The van der Waals surface area contributed by atoms with E-state index in [1.54, 1.807) is 25.6 Å². The van der Waals surface area contributed by atoms with Crippen molar-refractivity contribution in [3.8, 4) is 11.5 Å². The maximum Gasteiger partial charge on any atom is 0.134 e. The van der Waals surface area contributed by atoms with Crippen molar-refractivity contribution in [1.29, 1.82) is 0 Å². The topological polar surface area (TPSA) is 30.5 Å². The predicted octanol–water partition coefficient (Wildman–Crippen LogP) is 3.27. The summed E-state index contributed by atoms with van der Waals surface area (Å²) < 4.78 is 10.8. The zero-order chi connectivity index (χ0) is 13.7. The number of methoxy groups -OCH3 is 2. The average molecular weight is 277 g/mol. The molecule has 0 spiro atoms. The molecule has 1 heterocycles. The number of hydrogen-bond acceptors (Lipinski definition) is 4. The van der Waals surface area contributed by atoms with Gasteiger partial charge in [0.25, 0.3) is 0 Å². The molecule has 2 aromatic rings. The van der Waals surface area contributed by atoms with E-state index in [2.05, 4.69) is 16.8 Å². The first-order chi connectivity index (χ1) is 9.30. The van der Waals surface area contributed by atoms with Crippen molar-refractivity contribution >= 4 is 11.3 Å². The fourth-order valence-corrected chi connectivity index (χ4v) is 3.12. The largest absolute Gasteiger partial charge is 0.496 e. The van der Waals surface area contributed by atoms with Crippen LogP contribution in [0, 0.1) is 0 Å². The van der Waals surface area contributed by atoms with Gasteiger partial charge in [-0.05, 0) is 36.5 Å². The molecule has 1 unspecified atom stereocenters. The maximum absolute atomic E-state index is 5.41. The van der Waals surface area contributed by atoms with E-state index in [-0.39, 0.29) is 6.04 Å². The third kappa shape index (κ3) is 3.08. The number of rotatable bonds is 6. The Morgan fingerprint density at radius 1 is 1.11 bits per heavy atom. The van der Waals surface area contributed by atoms with Gasteiger partial charge in [-0.1, -0.05) is 18.2 Å². The molecule has 102 valence electrons. The Morgan fingerprint density at radius 3 is 2.53 bits per heavy atom. The number of hydrogen-bond donors (Lipinski definition) is 1. The van der Waals surface area contributed by atoms with Crippen LogP contribution in [-0.2, 0) is 6.42 Å². The van der Waals surface area contributed by atoms with Gasteiger partial charge in [0.15, 0.2) is 0 Å². The Bertz CT molecular complexity index is 524. The van der Waals surface area contributed by atoms with Crippen LogP contribution in [-0.4, -0.2) is 21.3 Å². The molecule has 0 fully saturated rings. The zero-order valence-corrected chi connectivity index (χ0v) is 12.3. The van der Waals surface area contributed by atoms with Crippen molar-refractivity contribution in [1.82, 2.24) is 5.32 Å². The first-order valence-corrected chi connectivity index (χ1v) is 7.08. The molecule has 4 heteroatoms. The Balaban J connectivity index is 2.24. The minimum absolute atomic E-state index is 0.228. The smallest absolute Gasteiger partial charge is 0.134 e. The summed E-state index contributed by atoms with van der Waals surface area (Å²) in [6.07, 6.45) is 0.872. The summed E-state index contributed by atoms with van der Waals surface area (Å²) in [7, 11) is 5.39. The fraction of sp³-hybridized carbons (Fsp3) is 0.333. The molecular weight excluding hydrogens is 258 g/mol. The molecule has 0 saturated heterocycles. The van der Waals surface area contributed by atoms with E-state index < -0.39 is 0 Å². The highest BCUT2D eigenvalue weighted by atomic mass is 32.1. The number of likely N-dealkylation sites (N-methyl/N-ethyl adjacent to an activating group) is 1. The van der Waals surface area contributed by atoms with Crippen LogP contribution in [0.15, 0.2) is 35.7 Å². The van der Waals surface area contributed by atoms with Gasteiger partial charge in [-0.15, -0.1) is 11.3 Å². The van der Waals surface area contributed by atoms with Crippen LogP contribution in [0.4, 0.5) is 0 Å². The molecule has 2 rings (SSSR count). The van der Waals surface area contributed by atoms with E-state index in [0.717, 1.165) is 17.9 Å². The quantitative estimate of drug-likeness (QED) is 0.879. The van der Waals surface area contributed by atoms with E-state index in [0.29, 0.717) is 0 Å². The Labute approximate surface area is 118 Å². The SMILES string of the molecule is CNC(Cc1ccccc1OC)c1sccc1OC. The highest BCUT2D eigenvalue weighted by Gasteiger charge is 2.18.